The first-order chi connectivity index (χ1) is 5.11. The fourth-order valence-electron chi connectivity index (χ4n) is 0.810. The minimum absolute atomic E-state index is 0.0457. The van der Waals surface area contributed by atoms with Crippen molar-refractivity contribution in [3.8, 4) is 0 Å². The molecule has 0 aliphatic heterocycles. The third kappa shape index (κ3) is 1.59. The number of ketones is 1. The molecule has 56 valence electrons. The van der Waals surface area contributed by atoms with Crippen molar-refractivity contribution in [1.29, 1.82) is 0 Å². The van der Waals surface area contributed by atoms with Gasteiger partial charge >= 0.3 is 0 Å². The second-order valence-corrected chi connectivity index (χ2v) is 2.67. The molecule has 1 nitrogen and oxygen atoms in total. The summed E-state index contributed by atoms with van der Waals surface area (Å²) in [4.78, 5) is 10.9. The lowest BCUT2D eigenvalue weighted by Gasteiger charge is -2.00. The highest BCUT2D eigenvalue weighted by molar-refractivity contribution is 5.96. The summed E-state index contributed by atoms with van der Waals surface area (Å²) in [5, 5.41) is 0. The Morgan fingerprint density at radius 3 is 2.45 bits per heavy atom. The van der Waals surface area contributed by atoms with Crippen LogP contribution in [0.3, 0.4) is 0 Å². The van der Waals surface area contributed by atoms with Crippen molar-refractivity contribution in [3.05, 3.63) is 34.3 Å². The Labute approximate surface area is 66.4 Å². The van der Waals surface area contributed by atoms with Crippen LogP contribution in [0.2, 0.25) is 0 Å². The van der Waals surface area contributed by atoms with E-state index >= 15 is 0 Å². The topological polar surface area (TPSA) is 17.1 Å². The van der Waals surface area contributed by atoms with Gasteiger partial charge in [0.05, 0.1) is 5.57 Å². The second kappa shape index (κ2) is 2.75. The van der Waals surface area contributed by atoms with Crippen LogP contribution in [-0.4, -0.2) is 5.78 Å². The first kappa shape index (κ1) is 7.81. The van der Waals surface area contributed by atoms with Crippen LogP contribution < -0.4 is 0 Å². The molecule has 1 aliphatic carbocycles. The molecule has 0 heterocycles. The fourth-order valence-corrected chi connectivity index (χ4v) is 0.810. The van der Waals surface area contributed by atoms with Gasteiger partial charge in [0.15, 0.2) is 5.78 Å². The quantitative estimate of drug-likeness (QED) is 0.518. The van der Waals surface area contributed by atoms with Crippen LogP contribution in [-0.2, 0) is 4.79 Å². The summed E-state index contributed by atoms with van der Waals surface area (Å²) >= 11 is 0. The van der Waals surface area contributed by atoms with Gasteiger partial charge < -0.3 is 0 Å². The number of rotatable bonds is 1. The third-order valence-electron chi connectivity index (χ3n) is 1.72. The van der Waals surface area contributed by atoms with Gasteiger partial charge in [-0.1, -0.05) is 11.5 Å². The van der Waals surface area contributed by atoms with Crippen molar-refractivity contribution in [2.45, 2.75) is 20.8 Å². The second-order valence-electron chi connectivity index (χ2n) is 2.67. The Hall–Kier alpha value is -1.29. The van der Waals surface area contributed by atoms with Gasteiger partial charge in [-0.15, -0.1) is 0 Å². The Bertz CT molecular complexity index is 330. The Morgan fingerprint density at radius 1 is 1.36 bits per heavy atom. The third-order valence-corrected chi connectivity index (χ3v) is 1.72. The van der Waals surface area contributed by atoms with Crippen LogP contribution in [0.25, 0.3) is 0 Å². The Kier molecular flexibility index (Phi) is 1.96. The molecule has 11 heavy (non-hydrogen) atoms. The molecular weight excluding hydrogens is 136 g/mol. The molecule has 0 spiro atoms. The van der Waals surface area contributed by atoms with E-state index in [0.717, 1.165) is 11.1 Å². The first-order valence-corrected chi connectivity index (χ1v) is 3.53. The van der Waals surface area contributed by atoms with Crippen LogP contribution in [0.4, 0.5) is 0 Å². The molecule has 0 saturated heterocycles. The van der Waals surface area contributed by atoms with E-state index in [-0.39, 0.29) is 5.78 Å². The molecule has 0 radical (unpaired) electrons. The number of hydrogen-bond donors (Lipinski definition) is 0. The van der Waals surface area contributed by atoms with Crippen molar-refractivity contribution in [3.63, 3.8) is 0 Å². The number of Topliss-reactive ketones (excluding diaryl/α,β-unsaturated/α-hetero) is 1. The normalized spacial score (nSPS) is 15.4. The molecule has 0 aromatic carbocycles. The smallest absolute Gasteiger partial charge is 0.168 e. The Morgan fingerprint density at radius 2 is 2.00 bits per heavy atom. The van der Waals surface area contributed by atoms with Crippen LogP contribution in [0.15, 0.2) is 34.3 Å². The van der Waals surface area contributed by atoms with Gasteiger partial charge in [0.25, 0.3) is 0 Å². The zero-order chi connectivity index (χ0) is 8.43. The first-order valence-electron chi connectivity index (χ1n) is 3.53. The highest BCUT2D eigenvalue weighted by atomic mass is 16.1. The maximum Gasteiger partial charge on any atom is 0.168 e. The van der Waals surface area contributed by atoms with Crippen LogP contribution in [0.1, 0.15) is 20.8 Å². The highest BCUT2D eigenvalue weighted by Gasteiger charge is 2.03. The van der Waals surface area contributed by atoms with Gasteiger partial charge in [-0.2, -0.15) is 0 Å². The number of hydrogen-bond acceptors (Lipinski definition) is 1. The molecular formula is C10H10O. The van der Waals surface area contributed by atoms with Crippen LogP contribution in [0.5, 0.6) is 0 Å². The van der Waals surface area contributed by atoms with E-state index in [1.807, 2.05) is 19.9 Å². The molecule has 0 aromatic rings. The molecule has 0 unspecified atom stereocenters. The fraction of sp³-hybridized carbons (Fsp3) is 0.300. The van der Waals surface area contributed by atoms with E-state index in [2.05, 4.69) is 11.5 Å². The molecule has 1 aliphatic rings. The number of carbonyl (C=O) groups is 1. The van der Waals surface area contributed by atoms with Crippen molar-refractivity contribution < 1.29 is 4.79 Å². The molecule has 0 amide bonds. The summed E-state index contributed by atoms with van der Waals surface area (Å²) < 4.78 is 0. The molecule has 0 N–H and O–H groups in total. The molecule has 0 atom stereocenters. The van der Waals surface area contributed by atoms with Gasteiger partial charge in [-0.05, 0) is 32.4 Å². The average molecular weight is 146 g/mol. The highest BCUT2D eigenvalue weighted by Crippen LogP contribution is 2.13. The predicted molar refractivity (Wildman–Crippen MR) is 44.2 cm³/mol. The van der Waals surface area contributed by atoms with E-state index in [1.165, 1.54) is 6.92 Å². The standard InChI is InChI=1S/C10H10O/c1-7-4-5-10(9(3)11)6-8(7)2/h6H,1-3H3. The summed E-state index contributed by atoms with van der Waals surface area (Å²) in [6.45, 7) is 5.45. The van der Waals surface area contributed by atoms with E-state index in [4.69, 9.17) is 0 Å². The van der Waals surface area contributed by atoms with Gasteiger partial charge in [0, 0.05) is 5.57 Å². The number of allylic oxidation sites excluding steroid dienone is 4. The maximum atomic E-state index is 10.9. The van der Waals surface area contributed by atoms with Gasteiger partial charge in [0.1, 0.15) is 0 Å². The van der Waals surface area contributed by atoms with Crippen LogP contribution in [0, 0.1) is 0 Å². The summed E-state index contributed by atoms with van der Waals surface area (Å²) in [7, 11) is 0. The van der Waals surface area contributed by atoms with Crippen molar-refractivity contribution in [2.75, 3.05) is 0 Å². The van der Waals surface area contributed by atoms with Gasteiger partial charge in [-0.3, -0.25) is 4.79 Å². The predicted octanol–water partition coefficient (Wildman–Crippen LogP) is 2.16. The van der Waals surface area contributed by atoms with E-state index in [0.29, 0.717) is 5.57 Å². The minimum atomic E-state index is 0.0457. The molecule has 0 aromatic heterocycles. The maximum absolute atomic E-state index is 10.9. The zero-order valence-electron chi connectivity index (χ0n) is 6.99. The molecule has 0 fully saturated rings. The summed E-state index contributed by atoms with van der Waals surface area (Å²) in [5.74, 6) is 0.0457. The van der Waals surface area contributed by atoms with Gasteiger partial charge in [-0.25, -0.2) is 0 Å². The summed E-state index contributed by atoms with van der Waals surface area (Å²) in [6, 6.07) is 0. The van der Waals surface area contributed by atoms with E-state index in [9.17, 15) is 4.79 Å². The summed E-state index contributed by atoms with van der Waals surface area (Å²) in [5.41, 5.74) is 8.47. The molecule has 1 heteroatoms. The molecule has 1 rings (SSSR count). The van der Waals surface area contributed by atoms with E-state index in [1.54, 1.807) is 0 Å². The average Bonchev–Trinajstić information content (AvgIpc) is 1.94. The Balaban J connectivity index is 3.23. The minimum Gasteiger partial charge on any atom is -0.294 e. The lowest BCUT2D eigenvalue weighted by atomic mass is 10.0. The summed E-state index contributed by atoms with van der Waals surface area (Å²) in [6.07, 6.45) is 1.84. The lowest BCUT2D eigenvalue weighted by Crippen LogP contribution is -1.94. The molecule has 0 bridgehead atoms. The van der Waals surface area contributed by atoms with Crippen molar-refractivity contribution >= 4 is 5.78 Å². The molecule has 0 saturated carbocycles. The van der Waals surface area contributed by atoms with E-state index < -0.39 is 0 Å². The van der Waals surface area contributed by atoms with Gasteiger partial charge in [0.2, 0.25) is 0 Å². The van der Waals surface area contributed by atoms with Crippen LogP contribution >= 0.6 is 0 Å². The lowest BCUT2D eigenvalue weighted by molar-refractivity contribution is -0.113. The monoisotopic (exact) mass is 146 g/mol. The SMILES string of the molecule is CC(=O)C1=C=C=C(C)C(C)=C1. The van der Waals surface area contributed by atoms with Crippen molar-refractivity contribution in [2.24, 2.45) is 0 Å². The zero-order valence-corrected chi connectivity index (χ0v) is 6.99. The number of carbonyl (C=O) groups excluding carboxylic acids is 1. The largest absolute Gasteiger partial charge is 0.294 e. The van der Waals surface area contributed by atoms with Crippen molar-refractivity contribution in [1.82, 2.24) is 0 Å².